The summed E-state index contributed by atoms with van der Waals surface area (Å²) in [6.45, 7) is 5.78. The van der Waals surface area contributed by atoms with E-state index < -0.39 is 36.2 Å². The van der Waals surface area contributed by atoms with Crippen molar-refractivity contribution in [2.24, 2.45) is 11.7 Å². The highest BCUT2D eigenvalue weighted by atomic mass is 19.4. The lowest BCUT2D eigenvalue weighted by molar-refractivity contribution is -0.192. The number of carbonyl (C=O) groups excluding carboxylic acids is 3. The van der Waals surface area contributed by atoms with E-state index in [0.29, 0.717) is 12.2 Å². The van der Waals surface area contributed by atoms with Crippen molar-refractivity contribution >= 4 is 29.6 Å². The average molecular weight is 629 g/mol. The molecule has 0 heterocycles. The van der Waals surface area contributed by atoms with E-state index in [0.717, 1.165) is 27.8 Å². The third-order valence-corrected chi connectivity index (χ3v) is 7.02. The van der Waals surface area contributed by atoms with Gasteiger partial charge in [0.1, 0.15) is 18.7 Å². The van der Waals surface area contributed by atoms with Gasteiger partial charge in [0.25, 0.3) is 0 Å². The number of aliphatic carboxylic acids is 1. The molecule has 0 fully saturated rings. The van der Waals surface area contributed by atoms with E-state index in [1.54, 1.807) is 19.1 Å². The van der Waals surface area contributed by atoms with Crippen LogP contribution in [0.4, 0.5) is 23.7 Å². The molecule has 13 heteroatoms. The summed E-state index contributed by atoms with van der Waals surface area (Å²) in [4.78, 5) is 47.2. The van der Waals surface area contributed by atoms with E-state index in [4.69, 9.17) is 20.4 Å². The lowest BCUT2D eigenvalue weighted by Crippen LogP contribution is -2.53. The van der Waals surface area contributed by atoms with Gasteiger partial charge in [-0.1, -0.05) is 74.5 Å². The van der Waals surface area contributed by atoms with Crippen molar-refractivity contribution in [3.8, 4) is 11.1 Å². The molecule has 240 valence electrons. The van der Waals surface area contributed by atoms with E-state index in [-0.39, 0.29) is 24.3 Å². The highest BCUT2D eigenvalue weighted by Crippen LogP contribution is 2.44. The number of alkyl carbamates (subject to hydrolysis) is 1. The second-order valence-corrected chi connectivity index (χ2v) is 10.6. The lowest BCUT2D eigenvalue weighted by Gasteiger charge is -2.24. The number of anilines is 1. The number of hydrogen-bond acceptors (Lipinski definition) is 6. The van der Waals surface area contributed by atoms with E-state index in [1.165, 1.54) is 0 Å². The number of alkyl halides is 3. The van der Waals surface area contributed by atoms with Crippen LogP contribution in [-0.4, -0.2) is 53.9 Å². The van der Waals surface area contributed by atoms with Crippen LogP contribution in [0.25, 0.3) is 11.1 Å². The van der Waals surface area contributed by atoms with Gasteiger partial charge < -0.3 is 31.5 Å². The minimum atomic E-state index is -5.08. The molecule has 3 aromatic carbocycles. The summed E-state index contributed by atoms with van der Waals surface area (Å²) < 4.78 is 37.3. The summed E-state index contributed by atoms with van der Waals surface area (Å²) in [6.07, 6.45) is -5.77. The van der Waals surface area contributed by atoms with Gasteiger partial charge in [-0.3, -0.25) is 9.59 Å². The molecule has 2 atom stereocenters. The quantitative estimate of drug-likeness (QED) is 0.228. The van der Waals surface area contributed by atoms with Gasteiger partial charge in [-0.05, 0) is 52.8 Å². The molecule has 0 unspecified atom stereocenters. The zero-order valence-electron chi connectivity index (χ0n) is 24.9. The Morgan fingerprint density at radius 1 is 0.844 bits per heavy atom. The summed E-state index contributed by atoms with van der Waals surface area (Å²) in [6, 6.07) is 21.6. The van der Waals surface area contributed by atoms with E-state index >= 15 is 0 Å². The minimum Gasteiger partial charge on any atom is -0.475 e. The maximum Gasteiger partial charge on any atom is 0.490 e. The first-order valence-corrected chi connectivity index (χ1v) is 14.0. The number of rotatable bonds is 9. The highest BCUT2D eigenvalue weighted by molar-refractivity contribution is 5.98. The standard InChI is InChI=1S/C30H34N4O4.C2HF3O2/c1-18(2)27(29(36)32-19(3)28(35)33-21-14-12-20(16-31)13-15-21)34-30(37)38-17-26-24-10-6-4-8-22(24)23-9-5-7-11-25(23)26;3-2(4,5)1(6)7/h4-15,18-19,26-27H,16-17,31H2,1-3H3,(H,32,36)(H,33,35)(H,34,37);(H,6,7)/t19-,27-;/m0./s1. The topological polar surface area (TPSA) is 160 Å². The zero-order valence-corrected chi connectivity index (χ0v) is 24.9. The Bertz CT molecular complexity index is 1470. The summed E-state index contributed by atoms with van der Waals surface area (Å²) in [5.41, 5.74) is 11.6. The van der Waals surface area contributed by atoms with Gasteiger partial charge in [-0.15, -0.1) is 0 Å². The Morgan fingerprint density at radius 2 is 1.36 bits per heavy atom. The smallest absolute Gasteiger partial charge is 0.475 e. The van der Waals surface area contributed by atoms with Crippen molar-refractivity contribution in [2.45, 2.75) is 51.5 Å². The van der Waals surface area contributed by atoms with Crippen LogP contribution in [0.2, 0.25) is 0 Å². The highest BCUT2D eigenvalue weighted by Gasteiger charge is 2.38. The molecule has 1 aliphatic rings. The van der Waals surface area contributed by atoms with E-state index in [2.05, 4.69) is 28.1 Å². The SMILES string of the molecule is CC(C)[C@H](NC(=O)OCC1c2ccccc2-c2ccccc21)C(=O)N[C@@H](C)C(=O)Nc1ccc(CN)cc1.O=C(O)C(F)(F)F. The molecule has 3 amide bonds. The number of amides is 3. The van der Waals surface area contributed by atoms with E-state index in [1.807, 2.05) is 62.4 Å². The number of nitrogens with two attached hydrogens (primary N) is 1. The second kappa shape index (κ2) is 15.2. The Labute approximate surface area is 258 Å². The van der Waals surface area contributed by atoms with E-state index in [9.17, 15) is 27.6 Å². The monoisotopic (exact) mass is 628 g/mol. The molecular weight excluding hydrogens is 593 g/mol. The van der Waals surface area contributed by atoms with Crippen LogP contribution in [-0.2, 0) is 25.7 Å². The predicted octanol–water partition coefficient (Wildman–Crippen LogP) is 4.79. The number of hydrogen-bond donors (Lipinski definition) is 5. The Morgan fingerprint density at radius 3 is 1.82 bits per heavy atom. The molecule has 0 saturated carbocycles. The summed E-state index contributed by atoms with van der Waals surface area (Å²) in [5.74, 6) is -3.90. The Kier molecular flexibility index (Phi) is 11.7. The van der Waals surface area contributed by atoms with Crippen LogP contribution in [0, 0.1) is 5.92 Å². The first-order chi connectivity index (χ1) is 21.2. The summed E-state index contributed by atoms with van der Waals surface area (Å²) in [5, 5.41) is 15.3. The van der Waals surface area contributed by atoms with Crippen LogP contribution in [0.5, 0.6) is 0 Å². The molecule has 3 aromatic rings. The Balaban J connectivity index is 0.000000707. The third kappa shape index (κ3) is 9.29. The number of ether oxygens (including phenoxy) is 1. The van der Waals surface area contributed by atoms with Crippen molar-refractivity contribution in [3.05, 3.63) is 89.5 Å². The van der Waals surface area contributed by atoms with Crippen molar-refractivity contribution in [1.29, 1.82) is 0 Å². The van der Waals surface area contributed by atoms with Crippen LogP contribution in [0.15, 0.2) is 72.8 Å². The molecule has 0 aromatic heterocycles. The molecule has 0 bridgehead atoms. The van der Waals surface area contributed by atoms with Crippen LogP contribution in [0.1, 0.15) is 43.4 Å². The van der Waals surface area contributed by atoms with Crippen LogP contribution < -0.4 is 21.7 Å². The van der Waals surface area contributed by atoms with Gasteiger partial charge in [0.05, 0.1) is 0 Å². The molecule has 4 rings (SSSR count). The van der Waals surface area contributed by atoms with Crippen molar-refractivity contribution < 1.29 is 42.2 Å². The lowest BCUT2D eigenvalue weighted by atomic mass is 9.98. The fourth-order valence-corrected chi connectivity index (χ4v) is 4.65. The fourth-order valence-electron chi connectivity index (χ4n) is 4.65. The first kappa shape index (κ1) is 34.6. The molecule has 45 heavy (non-hydrogen) atoms. The van der Waals surface area contributed by atoms with Crippen LogP contribution in [0.3, 0.4) is 0 Å². The van der Waals surface area contributed by atoms with Gasteiger partial charge in [0.2, 0.25) is 11.8 Å². The van der Waals surface area contributed by atoms with Gasteiger partial charge in [-0.2, -0.15) is 13.2 Å². The predicted molar refractivity (Wildman–Crippen MR) is 161 cm³/mol. The van der Waals surface area contributed by atoms with Gasteiger partial charge >= 0.3 is 18.2 Å². The number of benzene rings is 3. The molecule has 6 N–H and O–H groups in total. The molecule has 1 aliphatic carbocycles. The largest absolute Gasteiger partial charge is 0.490 e. The number of carbonyl (C=O) groups is 4. The maximum atomic E-state index is 13.0. The summed E-state index contributed by atoms with van der Waals surface area (Å²) >= 11 is 0. The van der Waals surface area contributed by atoms with Crippen molar-refractivity contribution in [1.82, 2.24) is 10.6 Å². The average Bonchev–Trinajstić information content (AvgIpc) is 3.32. The minimum absolute atomic E-state index is 0.0814. The molecule has 0 saturated heterocycles. The number of fused-ring (bicyclic) bond motifs is 3. The first-order valence-electron chi connectivity index (χ1n) is 14.0. The van der Waals surface area contributed by atoms with Gasteiger partial charge in [-0.25, -0.2) is 9.59 Å². The maximum absolute atomic E-state index is 13.0. The fraction of sp³-hybridized carbons (Fsp3) is 0.312. The van der Waals surface area contributed by atoms with Crippen molar-refractivity contribution in [3.63, 3.8) is 0 Å². The third-order valence-electron chi connectivity index (χ3n) is 7.02. The molecule has 10 nitrogen and oxygen atoms in total. The molecule has 0 spiro atoms. The number of halogens is 3. The second-order valence-electron chi connectivity index (χ2n) is 10.6. The number of carboxylic acids is 1. The van der Waals surface area contributed by atoms with Gasteiger partial charge in [0.15, 0.2) is 0 Å². The summed E-state index contributed by atoms with van der Waals surface area (Å²) in [7, 11) is 0. The van der Waals surface area contributed by atoms with Gasteiger partial charge in [0, 0.05) is 18.2 Å². The number of carboxylic acid groups (broad SMARTS) is 1. The normalized spacial score (nSPS) is 13.3. The zero-order chi connectivity index (χ0) is 33.3. The Hall–Kier alpha value is -4.91. The number of nitrogens with one attached hydrogen (secondary N) is 3. The molecule has 0 aliphatic heterocycles. The van der Waals surface area contributed by atoms with Crippen LogP contribution >= 0.6 is 0 Å². The molecule has 0 radical (unpaired) electrons. The molecular formula is C32H35F3N4O6. The van der Waals surface area contributed by atoms with Crippen molar-refractivity contribution in [2.75, 3.05) is 11.9 Å².